The molecular weight excluding hydrogens is 260 g/mol. The summed E-state index contributed by atoms with van der Waals surface area (Å²) in [5, 5.41) is 3.47. The molecule has 1 N–H and O–H groups in total. The van der Waals surface area contributed by atoms with Crippen LogP contribution in [-0.2, 0) is 6.54 Å². The molecule has 3 nitrogen and oxygen atoms in total. The van der Waals surface area contributed by atoms with E-state index < -0.39 is 0 Å². The predicted octanol–water partition coefficient (Wildman–Crippen LogP) is 4.57. The van der Waals surface area contributed by atoms with Crippen LogP contribution >= 0.6 is 0 Å². The zero-order valence-corrected chi connectivity index (χ0v) is 12.3. The number of rotatable bonds is 4. The van der Waals surface area contributed by atoms with Crippen molar-refractivity contribution in [3.05, 3.63) is 71.7 Å². The molecule has 0 saturated carbocycles. The molecule has 0 saturated heterocycles. The number of anilines is 1. The summed E-state index contributed by atoms with van der Waals surface area (Å²) in [6.07, 6.45) is 3.18. The maximum atomic E-state index is 5.33. The molecule has 0 amide bonds. The van der Waals surface area contributed by atoms with Crippen LogP contribution in [0.4, 0.5) is 5.69 Å². The number of nitrogens with zero attached hydrogens (tertiary/aromatic N) is 1. The van der Waals surface area contributed by atoms with Crippen molar-refractivity contribution in [1.82, 2.24) is 4.98 Å². The fraction of sp³-hybridized carbons (Fsp3) is 0.167. The Bertz CT molecular complexity index is 733. The summed E-state index contributed by atoms with van der Waals surface area (Å²) in [5.74, 6) is 0.783. The summed E-state index contributed by atoms with van der Waals surface area (Å²) in [6.45, 7) is 5.07. The van der Waals surface area contributed by atoms with Gasteiger partial charge in [0.05, 0.1) is 6.20 Å². The lowest BCUT2D eigenvalue weighted by Crippen LogP contribution is -2.01. The number of hydrogen-bond donors (Lipinski definition) is 1. The number of hydrogen-bond acceptors (Lipinski definition) is 3. The van der Waals surface area contributed by atoms with Crippen LogP contribution < -0.4 is 5.32 Å². The molecule has 1 aromatic heterocycles. The third-order valence-electron chi connectivity index (χ3n) is 3.57. The molecule has 1 heterocycles. The van der Waals surface area contributed by atoms with Gasteiger partial charge in [-0.1, -0.05) is 35.9 Å². The molecule has 0 spiro atoms. The third kappa shape index (κ3) is 3.14. The number of oxazole rings is 1. The molecule has 21 heavy (non-hydrogen) atoms. The van der Waals surface area contributed by atoms with Crippen LogP contribution in [0, 0.1) is 13.8 Å². The molecule has 2 aromatic carbocycles. The molecular formula is C18H18N2O. The second-order valence-electron chi connectivity index (χ2n) is 5.23. The van der Waals surface area contributed by atoms with E-state index in [-0.39, 0.29) is 0 Å². The minimum absolute atomic E-state index is 0.783. The predicted molar refractivity (Wildman–Crippen MR) is 85.2 cm³/mol. The largest absolute Gasteiger partial charge is 0.444 e. The van der Waals surface area contributed by atoms with Gasteiger partial charge in [-0.3, -0.25) is 0 Å². The van der Waals surface area contributed by atoms with E-state index in [1.165, 1.54) is 23.1 Å². The molecule has 0 aliphatic carbocycles. The maximum Gasteiger partial charge on any atom is 0.181 e. The average molecular weight is 278 g/mol. The van der Waals surface area contributed by atoms with Gasteiger partial charge in [-0.25, -0.2) is 4.98 Å². The summed E-state index contributed by atoms with van der Waals surface area (Å²) in [6, 6.07) is 14.7. The summed E-state index contributed by atoms with van der Waals surface area (Å²) < 4.78 is 5.33. The molecule has 0 aliphatic heterocycles. The molecule has 0 unspecified atom stereocenters. The number of nitrogens with one attached hydrogen (secondary N) is 1. The van der Waals surface area contributed by atoms with Crippen molar-refractivity contribution in [3.63, 3.8) is 0 Å². The van der Waals surface area contributed by atoms with Gasteiger partial charge < -0.3 is 9.73 Å². The van der Waals surface area contributed by atoms with Gasteiger partial charge >= 0.3 is 0 Å². The average Bonchev–Trinajstić information content (AvgIpc) is 3.03. The SMILES string of the molecule is Cc1ccc(C)c(CNc2cccc(-c3cnco3)c2)c1. The van der Waals surface area contributed by atoms with Crippen molar-refractivity contribution in [1.29, 1.82) is 0 Å². The molecule has 0 bridgehead atoms. The van der Waals surface area contributed by atoms with Crippen LogP contribution in [0.15, 0.2) is 59.5 Å². The van der Waals surface area contributed by atoms with Crippen molar-refractivity contribution in [2.75, 3.05) is 5.32 Å². The van der Waals surface area contributed by atoms with Gasteiger partial charge in [-0.05, 0) is 37.1 Å². The minimum atomic E-state index is 0.783. The number of benzene rings is 2. The summed E-state index contributed by atoms with van der Waals surface area (Å²) >= 11 is 0. The van der Waals surface area contributed by atoms with Gasteiger partial charge in [0.15, 0.2) is 12.2 Å². The van der Waals surface area contributed by atoms with E-state index in [4.69, 9.17) is 4.42 Å². The molecule has 3 heteroatoms. The van der Waals surface area contributed by atoms with Gasteiger partial charge in [-0.2, -0.15) is 0 Å². The first-order chi connectivity index (χ1) is 10.2. The summed E-state index contributed by atoms with van der Waals surface area (Å²) in [4.78, 5) is 3.96. The van der Waals surface area contributed by atoms with E-state index >= 15 is 0 Å². The Morgan fingerprint density at radius 1 is 1.10 bits per heavy atom. The molecule has 0 radical (unpaired) electrons. The zero-order valence-electron chi connectivity index (χ0n) is 12.3. The van der Waals surface area contributed by atoms with Gasteiger partial charge in [0.2, 0.25) is 0 Å². The zero-order chi connectivity index (χ0) is 14.7. The lowest BCUT2D eigenvalue weighted by Gasteiger charge is -2.10. The fourth-order valence-corrected chi connectivity index (χ4v) is 2.33. The van der Waals surface area contributed by atoms with E-state index in [9.17, 15) is 0 Å². The van der Waals surface area contributed by atoms with Crippen molar-refractivity contribution in [2.24, 2.45) is 0 Å². The Labute approximate surface area is 124 Å². The molecule has 3 aromatic rings. The van der Waals surface area contributed by atoms with E-state index in [0.29, 0.717) is 0 Å². The maximum absolute atomic E-state index is 5.33. The second-order valence-corrected chi connectivity index (χ2v) is 5.23. The van der Waals surface area contributed by atoms with Crippen LogP contribution in [0.5, 0.6) is 0 Å². The normalized spacial score (nSPS) is 10.6. The molecule has 0 fully saturated rings. The highest BCUT2D eigenvalue weighted by molar-refractivity contribution is 5.63. The van der Waals surface area contributed by atoms with Gasteiger partial charge in [0.1, 0.15) is 0 Å². The van der Waals surface area contributed by atoms with E-state index in [2.05, 4.69) is 54.5 Å². The van der Waals surface area contributed by atoms with Crippen LogP contribution in [0.3, 0.4) is 0 Å². The monoisotopic (exact) mass is 278 g/mol. The van der Waals surface area contributed by atoms with E-state index in [0.717, 1.165) is 23.6 Å². The van der Waals surface area contributed by atoms with Crippen LogP contribution in [0.25, 0.3) is 11.3 Å². The third-order valence-corrected chi connectivity index (χ3v) is 3.57. The van der Waals surface area contributed by atoms with E-state index in [1.54, 1.807) is 6.20 Å². The Hall–Kier alpha value is -2.55. The standard InChI is InChI=1S/C18H18N2O/c1-13-6-7-14(2)16(8-13)10-20-17-5-3-4-15(9-17)18-11-19-12-21-18/h3-9,11-12,20H,10H2,1-2H3. The number of aryl methyl sites for hydroxylation is 2. The lowest BCUT2D eigenvalue weighted by molar-refractivity contribution is 0.572. The highest BCUT2D eigenvalue weighted by Crippen LogP contribution is 2.22. The lowest BCUT2D eigenvalue weighted by atomic mass is 10.1. The number of aromatic nitrogens is 1. The van der Waals surface area contributed by atoms with Crippen LogP contribution in [0.2, 0.25) is 0 Å². The van der Waals surface area contributed by atoms with Crippen LogP contribution in [0.1, 0.15) is 16.7 Å². The summed E-state index contributed by atoms with van der Waals surface area (Å²) in [7, 11) is 0. The van der Waals surface area contributed by atoms with Crippen molar-refractivity contribution in [2.45, 2.75) is 20.4 Å². The van der Waals surface area contributed by atoms with Gasteiger partial charge in [-0.15, -0.1) is 0 Å². The fourth-order valence-electron chi connectivity index (χ4n) is 2.33. The highest BCUT2D eigenvalue weighted by Gasteiger charge is 2.03. The second kappa shape index (κ2) is 5.83. The molecule has 0 aliphatic rings. The summed E-state index contributed by atoms with van der Waals surface area (Å²) in [5.41, 5.74) is 6.01. The van der Waals surface area contributed by atoms with E-state index in [1.807, 2.05) is 12.1 Å². The minimum Gasteiger partial charge on any atom is -0.444 e. The Balaban J connectivity index is 1.76. The molecule has 3 rings (SSSR count). The molecule has 106 valence electrons. The first-order valence-electron chi connectivity index (χ1n) is 7.01. The van der Waals surface area contributed by atoms with Crippen molar-refractivity contribution < 1.29 is 4.42 Å². The Morgan fingerprint density at radius 2 is 2.00 bits per heavy atom. The highest BCUT2D eigenvalue weighted by atomic mass is 16.3. The topological polar surface area (TPSA) is 38.1 Å². The first kappa shape index (κ1) is 13.4. The Morgan fingerprint density at radius 3 is 2.81 bits per heavy atom. The first-order valence-corrected chi connectivity index (χ1v) is 7.01. The molecule has 0 atom stereocenters. The Kier molecular flexibility index (Phi) is 3.73. The van der Waals surface area contributed by atoms with Crippen molar-refractivity contribution in [3.8, 4) is 11.3 Å². The quantitative estimate of drug-likeness (QED) is 0.759. The van der Waals surface area contributed by atoms with Crippen molar-refractivity contribution >= 4 is 5.69 Å². The van der Waals surface area contributed by atoms with Gasteiger partial charge in [0.25, 0.3) is 0 Å². The van der Waals surface area contributed by atoms with Gasteiger partial charge in [0, 0.05) is 17.8 Å². The smallest absolute Gasteiger partial charge is 0.181 e. The van der Waals surface area contributed by atoms with Crippen LogP contribution in [-0.4, -0.2) is 4.98 Å².